The van der Waals surface area contributed by atoms with Crippen LogP contribution in [-0.4, -0.2) is 12.6 Å². The molecule has 0 amide bonds. The van der Waals surface area contributed by atoms with Gasteiger partial charge in [0.15, 0.2) is 0 Å². The average Bonchev–Trinajstić information content (AvgIpc) is 2.38. The molecule has 0 spiro atoms. The summed E-state index contributed by atoms with van der Waals surface area (Å²) in [6.07, 6.45) is 12.2. The molecular weight excluding hydrogens is 248 g/mol. The van der Waals surface area contributed by atoms with Gasteiger partial charge in [-0.25, -0.2) is 0 Å². The van der Waals surface area contributed by atoms with Crippen molar-refractivity contribution in [1.29, 1.82) is 0 Å². The fraction of sp³-hybridized carbons (Fsp3) is 0.611. The number of carbonyl (C=O) groups is 1. The highest BCUT2D eigenvalue weighted by Gasteiger charge is 1.93. The van der Waals surface area contributed by atoms with E-state index >= 15 is 0 Å². The number of esters is 1. The molecule has 0 aromatic carbocycles. The van der Waals surface area contributed by atoms with Gasteiger partial charge >= 0.3 is 5.97 Å². The maximum Gasteiger partial charge on any atom is 0.302 e. The Morgan fingerprint density at radius 1 is 0.850 bits per heavy atom. The third kappa shape index (κ3) is 11.8. The molecule has 114 valence electrons. The molecule has 0 saturated heterocycles. The Morgan fingerprint density at radius 2 is 1.35 bits per heavy atom. The Kier molecular flexibility index (Phi) is 10.8. The molecule has 0 aromatic rings. The van der Waals surface area contributed by atoms with Crippen molar-refractivity contribution in [3.8, 4) is 0 Å². The molecule has 0 saturated carbocycles. The van der Waals surface area contributed by atoms with E-state index in [9.17, 15) is 4.79 Å². The molecule has 0 atom stereocenters. The summed E-state index contributed by atoms with van der Waals surface area (Å²) in [6.45, 7) is 10.5. The summed E-state index contributed by atoms with van der Waals surface area (Å²) in [5, 5.41) is 0. The van der Waals surface area contributed by atoms with E-state index in [1.165, 1.54) is 23.6 Å². The van der Waals surface area contributed by atoms with Crippen LogP contribution in [0.25, 0.3) is 0 Å². The van der Waals surface area contributed by atoms with E-state index in [0.717, 1.165) is 32.1 Å². The van der Waals surface area contributed by atoms with Crippen molar-refractivity contribution in [2.45, 2.75) is 66.7 Å². The minimum Gasteiger partial charge on any atom is -0.462 e. The number of rotatable bonds is 9. The third-order valence-corrected chi connectivity index (χ3v) is 3.34. The Morgan fingerprint density at radius 3 is 1.85 bits per heavy atom. The molecule has 0 unspecified atom stereocenters. The summed E-state index contributed by atoms with van der Waals surface area (Å²) in [6, 6.07) is 0. The van der Waals surface area contributed by atoms with Crippen molar-refractivity contribution in [2.75, 3.05) is 6.61 Å². The van der Waals surface area contributed by atoms with Crippen LogP contribution < -0.4 is 0 Å². The number of hydrogen-bond donors (Lipinski definition) is 0. The lowest BCUT2D eigenvalue weighted by atomic mass is 10.1. The van der Waals surface area contributed by atoms with Crippen molar-refractivity contribution in [2.24, 2.45) is 0 Å². The van der Waals surface area contributed by atoms with E-state index in [1.54, 1.807) is 0 Å². The summed E-state index contributed by atoms with van der Waals surface area (Å²) < 4.78 is 4.89. The monoisotopic (exact) mass is 278 g/mol. The molecule has 0 aliphatic heterocycles. The summed E-state index contributed by atoms with van der Waals surface area (Å²) in [4.78, 5) is 10.6. The van der Waals surface area contributed by atoms with Gasteiger partial charge in [0, 0.05) is 6.92 Å². The number of carbonyl (C=O) groups excluding carboxylic acids is 1. The highest BCUT2D eigenvalue weighted by atomic mass is 16.5. The largest absolute Gasteiger partial charge is 0.462 e. The standard InChI is InChI=1S/C18H30O2/c1-6-15(2)9-7-10-16(3)11-8-12-17(4)13-14-20-18(5)19/h9,11,13H,6-8,10,12,14H2,1-5H3/b15-9+,16-11+,17-13+. The van der Waals surface area contributed by atoms with Gasteiger partial charge in [0.2, 0.25) is 0 Å². The predicted molar refractivity (Wildman–Crippen MR) is 86.7 cm³/mol. The zero-order valence-corrected chi connectivity index (χ0v) is 13.8. The molecule has 0 radical (unpaired) electrons. The van der Waals surface area contributed by atoms with Crippen LogP contribution in [0.4, 0.5) is 0 Å². The second-order valence-electron chi connectivity index (χ2n) is 5.38. The molecule has 0 aromatic heterocycles. The van der Waals surface area contributed by atoms with Crippen LogP contribution in [0, 0.1) is 0 Å². The van der Waals surface area contributed by atoms with E-state index in [0.29, 0.717) is 6.61 Å². The first-order valence-corrected chi connectivity index (χ1v) is 7.56. The van der Waals surface area contributed by atoms with Crippen LogP contribution in [0.1, 0.15) is 66.7 Å². The summed E-state index contributed by atoms with van der Waals surface area (Å²) in [5.41, 5.74) is 4.21. The van der Waals surface area contributed by atoms with E-state index < -0.39 is 0 Å². The molecule has 0 fully saturated rings. The second kappa shape index (κ2) is 11.5. The maximum atomic E-state index is 10.6. The minimum atomic E-state index is -0.222. The first kappa shape index (κ1) is 18.7. The lowest BCUT2D eigenvalue weighted by Crippen LogP contribution is -1.98. The number of allylic oxidation sites excluding steroid dienone is 5. The van der Waals surface area contributed by atoms with Crippen LogP contribution in [-0.2, 0) is 9.53 Å². The zero-order valence-electron chi connectivity index (χ0n) is 13.8. The van der Waals surface area contributed by atoms with Gasteiger partial charge in [0.1, 0.15) is 6.61 Å². The van der Waals surface area contributed by atoms with E-state index in [4.69, 9.17) is 4.74 Å². The van der Waals surface area contributed by atoms with Gasteiger partial charge in [0.25, 0.3) is 0 Å². The maximum absolute atomic E-state index is 10.6. The fourth-order valence-corrected chi connectivity index (χ4v) is 1.74. The third-order valence-electron chi connectivity index (χ3n) is 3.34. The lowest BCUT2D eigenvalue weighted by molar-refractivity contribution is -0.139. The van der Waals surface area contributed by atoms with Crippen molar-refractivity contribution < 1.29 is 9.53 Å². The molecular formula is C18H30O2. The predicted octanol–water partition coefficient (Wildman–Crippen LogP) is 5.36. The van der Waals surface area contributed by atoms with Crippen LogP contribution >= 0.6 is 0 Å². The Balaban J connectivity index is 3.89. The summed E-state index contributed by atoms with van der Waals surface area (Å²) >= 11 is 0. The average molecular weight is 278 g/mol. The van der Waals surface area contributed by atoms with E-state index in [-0.39, 0.29) is 5.97 Å². The van der Waals surface area contributed by atoms with Crippen molar-refractivity contribution in [3.63, 3.8) is 0 Å². The van der Waals surface area contributed by atoms with Gasteiger partial charge in [-0.1, -0.05) is 35.8 Å². The van der Waals surface area contributed by atoms with Gasteiger partial charge in [0.05, 0.1) is 0 Å². The van der Waals surface area contributed by atoms with Crippen LogP contribution in [0.3, 0.4) is 0 Å². The minimum absolute atomic E-state index is 0.222. The molecule has 0 aliphatic rings. The summed E-state index contributed by atoms with van der Waals surface area (Å²) in [7, 11) is 0. The van der Waals surface area contributed by atoms with Crippen molar-refractivity contribution in [1.82, 2.24) is 0 Å². The molecule has 0 rings (SSSR count). The van der Waals surface area contributed by atoms with Crippen molar-refractivity contribution in [3.05, 3.63) is 34.9 Å². The van der Waals surface area contributed by atoms with E-state index in [2.05, 4.69) is 39.8 Å². The first-order valence-electron chi connectivity index (χ1n) is 7.56. The van der Waals surface area contributed by atoms with Crippen LogP contribution in [0.5, 0.6) is 0 Å². The number of hydrogen-bond acceptors (Lipinski definition) is 2. The molecule has 0 N–H and O–H groups in total. The number of ether oxygens (including phenoxy) is 1. The molecule has 2 heteroatoms. The Bertz CT molecular complexity index is 373. The quantitative estimate of drug-likeness (QED) is 0.419. The topological polar surface area (TPSA) is 26.3 Å². The van der Waals surface area contributed by atoms with Gasteiger partial charge in [-0.3, -0.25) is 4.79 Å². The molecule has 0 bridgehead atoms. The van der Waals surface area contributed by atoms with Gasteiger partial charge in [-0.05, 0) is 59.0 Å². The SMILES string of the molecule is CC/C(C)=C/CC/C(C)=C/CC/C(C)=C/COC(C)=O. The van der Waals surface area contributed by atoms with Crippen LogP contribution in [0.2, 0.25) is 0 Å². The molecule has 0 heterocycles. The highest BCUT2D eigenvalue weighted by molar-refractivity contribution is 5.66. The Hall–Kier alpha value is -1.31. The molecule has 2 nitrogen and oxygen atoms in total. The normalized spacial score (nSPS) is 13.6. The highest BCUT2D eigenvalue weighted by Crippen LogP contribution is 2.12. The first-order chi connectivity index (χ1) is 9.45. The molecule has 20 heavy (non-hydrogen) atoms. The van der Waals surface area contributed by atoms with E-state index in [1.807, 2.05) is 6.08 Å². The summed E-state index contributed by atoms with van der Waals surface area (Å²) in [5.74, 6) is -0.222. The molecule has 0 aliphatic carbocycles. The van der Waals surface area contributed by atoms with Crippen molar-refractivity contribution >= 4 is 5.97 Å². The van der Waals surface area contributed by atoms with Gasteiger partial charge in [-0.2, -0.15) is 0 Å². The van der Waals surface area contributed by atoms with Gasteiger partial charge in [-0.15, -0.1) is 0 Å². The fourth-order valence-electron chi connectivity index (χ4n) is 1.74. The lowest BCUT2D eigenvalue weighted by Gasteiger charge is -2.02. The Labute approximate surface area is 124 Å². The zero-order chi connectivity index (χ0) is 15.4. The van der Waals surface area contributed by atoms with Gasteiger partial charge < -0.3 is 4.74 Å². The smallest absolute Gasteiger partial charge is 0.302 e. The van der Waals surface area contributed by atoms with Crippen LogP contribution in [0.15, 0.2) is 34.9 Å². The second-order valence-corrected chi connectivity index (χ2v) is 5.38.